The van der Waals surface area contributed by atoms with Gasteiger partial charge >= 0.3 is 0 Å². The Labute approximate surface area is 126 Å². The fourth-order valence-electron chi connectivity index (χ4n) is 2.41. The number of terminal acetylenes is 1. The van der Waals surface area contributed by atoms with Gasteiger partial charge in [-0.2, -0.15) is 0 Å². The molecule has 0 bridgehead atoms. The molecule has 5 heteroatoms. The van der Waals surface area contributed by atoms with E-state index in [4.69, 9.17) is 6.42 Å². The average Bonchev–Trinajstić information content (AvgIpc) is 3.01. The second-order valence-corrected chi connectivity index (χ2v) is 4.86. The topological polar surface area (TPSA) is 66.5 Å². The standard InChI is InChI=1S/C17H11N5/c1-2-11-4-3-5-12(6-11)22-17-13-7-15-16(20-9-19-15)8-14(13)18-10-21-17/h1,3-10H,(H,19,20)(H,18,21,22). The normalized spacial score (nSPS) is 10.7. The van der Waals surface area contributed by atoms with Crippen molar-refractivity contribution < 1.29 is 0 Å². The second-order valence-electron chi connectivity index (χ2n) is 4.86. The number of anilines is 2. The van der Waals surface area contributed by atoms with E-state index in [1.54, 1.807) is 6.33 Å². The number of imidazole rings is 1. The van der Waals surface area contributed by atoms with Crippen molar-refractivity contribution in [2.75, 3.05) is 5.32 Å². The van der Waals surface area contributed by atoms with Crippen molar-refractivity contribution in [3.63, 3.8) is 0 Å². The number of fused-ring (bicyclic) bond motifs is 2. The molecule has 0 aliphatic heterocycles. The molecule has 2 aromatic carbocycles. The molecule has 0 fully saturated rings. The van der Waals surface area contributed by atoms with Gasteiger partial charge in [0.1, 0.15) is 12.1 Å². The summed E-state index contributed by atoms with van der Waals surface area (Å²) in [5, 5.41) is 4.22. The van der Waals surface area contributed by atoms with Gasteiger partial charge in [0.2, 0.25) is 0 Å². The maximum Gasteiger partial charge on any atom is 0.141 e. The molecule has 0 aliphatic rings. The molecule has 0 saturated heterocycles. The molecule has 4 aromatic rings. The van der Waals surface area contributed by atoms with Crippen molar-refractivity contribution in [1.29, 1.82) is 0 Å². The first kappa shape index (κ1) is 12.4. The third-order valence-corrected chi connectivity index (χ3v) is 3.47. The third-order valence-electron chi connectivity index (χ3n) is 3.47. The van der Waals surface area contributed by atoms with Gasteiger partial charge in [-0.25, -0.2) is 15.0 Å². The van der Waals surface area contributed by atoms with Gasteiger partial charge in [-0.15, -0.1) is 6.42 Å². The number of nitrogens with zero attached hydrogens (tertiary/aromatic N) is 3. The molecule has 5 nitrogen and oxygen atoms in total. The van der Waals surface area contributed by atoms with E-state index < -0.39 is 0 Å². The Hall–Kier alpha value is -3.39. The Bertz CT molecular complexity index is 1030. The van der Waals surface area contributed by atoms with Crippen LogP contribution in [0.25, 0.3) is 21.9 Å². The smallest absolute Gasteiger partial charge is 0.141 e. The molecule has 0 amide bonds. The first-order valence-electron chi connectivity index (χ1n) is 6.75. The maximum absolute atomic E-state index is 5.44. The van der Waals surface area contributed by atoms with Crippen LogP contribution in [0.3, 0.4) is 0 Å². The zero-order valence-electron chi connectivity index (χ0n) is 11.5. The van der Waals surface area contributed by atoms with Gasteiger partial charge in [0.05, 0.1) is 22.9 Å². The molecule has 0 radical (unpaired) electrons. The van der Waals surface area contributed by atoms with Crippen LogP contribution < -0.4 is 5.32 Å². The summed E-state index contributed by atoms with van der Waals surface area (Å²) >= 11 is 0. The minimum absolute atomic E-state index is 0.732. The van der Waals surface area contributed by atoms with Crippen LogP contribution in [0.15, 0.2) is 49.1 Å². The fourth-order valence-corrected chi connectivity index (χ4v) is 2.41. The van der Waals surface area contributed by atoms with Gasteiger partial charge in [-0.1, -0.05) is 12.0 Å². The van der Waals surface area contributed by atoms with Gasteiger partial charge in [-0.3, -0.25) is 0 Å². The van der Waals surface area contributed by atoms with E-state index in [2.05, 4.69) is 31.2 Å². The van der Waals surface area contributed by atoms with Crippen LogP contribution >= 0.6 is 0 Å². The number of H-pyrrole nitrogens is 1. The Morgan fingerprint density at radius 2 is 2.00 bits per heavy atom. The quantitative estimate of drug-likeness (QED) is 0.555. The summed E-state index contributed by atoms with van der Waals surface area (Å²) in [5.41, 5.74) is 4.37. The van der Waals surface area contributed by atoms with E-state index in [1.807, 2.05) is 36.4 Å². The summed E-state index contributed by atoms with van der Waals surface area (Å²) in [6, 6.07) is 11.6. The number of aromatic nitrogens is 4. The molecule has 0 spiro atoms. The summed E-state index contributed by atoms with van der Waals surface area (Å²) in [5.74, 6) is 3.36. The lowest BCUT2D eigenvalue weighted by Gasteiger charge is -2.08. The summed E-state index contributed by atoms with van der Waals surface area (Å²) in [4.78, 5) is 16.0. The molecule has 2 aromatic heterocycles. The molecular weight excluding hydrogens is 274 g/mol. The van der Waals surface area contributed by atoms with Crippen LogP contribution in [-0.2, 0) is 0 Å². The fraction of sp³-hybridized carbons (Fsp3) is 0. The van der Waals surface area contributed by atoms with Gasteiger partial charge in [-0.05, 0) is 30.3 Å². The van der Waals surface area contributed by atoms with Crippen LogP contribution in [0, 0.1) is 12.3 Å². The lowest BCUT2D eigenvalue weighted by molar-refractivity contribution is 1.22. The lowest BCUT2D eigenvalue weighted by Crippen LogP contribution is -1.96. The summed E-state index contributed by atoms with van der Waals surface area (Å²) in [7, 11) is 0. The van der Waals surface area contributed by atoms with Crippen LogP contribution in [0.4, 0.5) is 11.5 Å². The highest BCUT2D eigenvalue weighted by Gasteiger charge is 2.07. The SMILES string of the molecule is C#Cc1cccc(Nc2ncnc3cc4nc[nH]c4cc23)c1. The van der Waals surface area contributed by atoms with E-state index in [-0.39, 0.29) is 0 Å². The minimum atomic E-state index is 0.732. The van der Waals surface area contributed by atoms with Crippen molar-refractivity contribution in [2.45, 2.75) is 0 Å². The molecule has 0 unspecified atom stereocenters. The van der Waals surface area contributed by atoms with Crippen LogP contribution in [-0.4, -0.2) is 19.9 Å². The number of aromatic amines is 1. The molecule has 0 atom stereocenters. The highest BCUT2D eigenvalue weighted by molar-refractivity contribution is 5.99. The third kappa shape index (κ3) is 2.03. The van der Waals surface area contributed by atoms with E-state index in [0.29, 0.717) is 0 Å². The molecular formula is C17H11N5. The summed E-state index contributed by atoms with van der Waals surface area (Å²) in [6.45, 7) is 0. The van der Waals surface area contributed by atoms with Gasteiger partial charge in [0.25, 0.3) is 0 Å². The number of benzene rings is 2. The summed E-state index contributed by atoms with van der Waals surface area (Å²) < 4.78 is 0. The molecule has 4 rings (SSSR count). The molecule has 104 valence electrons. The van der Waals surface area contributed by atoms with E-state index >= 15 is 0 Å². The van der Waals surface area contributed by atoms with Crippen molar-refractivity contribution in [3.05, 3.63) is 54.6 Å². The first-order chi connectivity index (χ1) is 10.8. The molecule has 22 heavy (non-hydrogen) atoms. The predicted molar refractivity (Wildman–Crippen MR) is 86.8 cm³/mol. The number of hydrogen-bond acceptors (Lipinski definition) is 4. The summed E-state index contributed by atoms with van der Waals surface area (Å²) in [6.07, 6.45) is 8.64. The molecule has 2 heterocycles. The molecule has 2 N–H and O–H groups in total. The van der Waals surface area contributed by atoms with Gasteiger partial charge in [0, 0.05) is 16.6 Å². The van der Waals surface area contributed by atoms with Crippen molar-refractivity contribution in [2.24, 2.45) is 0 Å². The largest absolute Gasteiger partial charge is 0.345 e. The minimum Gasteiger partial charge on any atom is -0.345 e. The lowest BCUT2D eigenvalue weighted by atomic mass is 10.2. The number of nitrogens with one attached hydrogen (secondary N) is 2. The Kier molecular flexibility index (Phi) is 2.73. The Morgan fingerprint density at radius 3 is 2.91 bits per heavy atom. The van der Waals surface area contributed by atoms with Crippen LogP contribution in [0.5, 0.6) is 0 Å². The van der Waals surface area contributed by atoms with E-state index in [9.17, 15) is 0 Å². The van der Waals surface area contributed by atoms with Crippen molar-refractivity contribution in [1.82, 2.24) is 19.9 Å². The van der Waals surface area contributed by atoms with Gasteiger partial charge in [0.15, 0.2) is 0 Å². The van der Waals surface area contributed by atoms with Crippen molar-refractivity contribution in [3.8, 4) is 12.3 Å². The zero-order valence-corrected chi connectivity index (χ0v) is 11.5. The zero-order chi connectivity index (χ0) is 14.9. The monoisotopic (exact) mass is 285 g/mol. The second kappa shape index (κ2) is 4.86. The van der Waals surface area contributed by atoms with E-state index in [0.717, 1.165) is 39.0 Å². The van der Waals surface area contributed by atoms with Crippen LogP contribution in [0.1, 0.15) is 5.56 Å². The Balaban J connectivity index is 1.85. The highest BCUT2D eigenvalue weighted by atomic mass is 15.0. The molecule has 0 aliphatic carbocycles. The van der Waals surface area contributed by atoms with Crippen LogP contribution in [0.2, 0.25) is 0 Å². The maximum atomic E-state index is 5.44. The average molecular weight is 285 g/mol. The Morgan fingerprint density at radius 1 is 1.05 bits per heavy atom. The van der Waals surface area contributed by atoms with E-state index in [1.165, 1.54) is 6.33 Å². The molecule has 0 saturated carbocycles. The predicted octanol–water partition coefficient (Wildman–Crippen LogP) is 3.23. The van der Waals surface area contributed by atoms with Crippen molar-refractivity contribution >= 4 is 33.4 Å². The first-order valence-corrected chi connectivity index (χ1v) is 6.75. The number of rotatable bonds is 2. The van der Waals surface area contributed by atoms with Gasteiger partial charge < -0.3 is 10.3 Å². The number of hydrogen-bond donors (Lipinski definition) is 2. The highest BCUT2D eigenvalue weighted by Crippen LogP contribution is 2.26.